The second kappa shape index (κ2) is 9.53. The van der Waals surface area contributed by atoms with E-state index in [4.69, 9.17) is 5.84 Å². The van der Waals surface area contributed by atoms with Crippen molar-refractivity contribution in [2.75, 3.05) is 16.9 Å². The molecule has 30 heavy (non-hydrogen) atoms. The van der Waals surface area contributed by atoms with Gasteiger partial charge in [-0.05, 0) is 41.3 Å². The Morgan fingerprint density at radius 3 is 2.43 bits per heavy atom. The van der Waals surface area contributed by atoms with Gasteiger partial charge in [0.15, 0.2) is 0 Å². The number of rotatable bonds is 7. The maximum Gasteiger partial charge on any atom is 0.294 e. The maximum absolute atomic E-state index is 12.9. The van der Waals surface area contributed by atoms with Gasteiger partial charge in [-0.1, -0.05) is 49.9 Å². The summed E-state index contributed by atoms with van der Waals surface area (Å²) in [6.07, 6.45) is 0.317. The van der Waals surface area contributed by atoms with E-state index in [-0.39, 0.29) is 28.3 Å². The Morgan fingerprint density at radius 2 is 1.80 bits per heavy atom. The number of nitrogens with zero attached hydrogens (tertiary/aromatic N) is 3. The van der Waals surface area contributed by atoms with Crippen LogP contribution in [-0.4, -0.2) is 26.5 Å². The Labute approximate surface area is 177 Å². The molecule has 9 heteroatoms. The van der Waals surface area contributed by atoms with E-state index in [0.29, 0.717) is 18.0 Å². The highest BCUT2D eigenvalue weighted by molar-refractivity contribution is 7.99. The lowest BCUT2D eigenvalue weighted by atomic mass is 10.0. The van der Waals surface area contributed by atoms with E-state index in [1.54, 1.807) is 0 Å². The number of carbonyl (C=O) groups is 1. The molecule has 0 atom stereocenters. The summed E-state index contributed by atoms with van der Waals surface area (Å²) in [5.41, 5.74) is 2.39. The summed E-state index contributed by atoms with van der Waals surface area (Å²) >= 11 is 0.990. The van der Waals surface area contributed by atoms with Crippen LogP contribution in [0.15, 0.2) is 58.5 Å². The zero-order valence-corrected chi connectivity index (χ0v) is 17.4. The van der Waals surface area contributed by atoms with Crippen molar-refractivity contribution in [3.63, 3.8) is 0 Å². The fourth-order valence-corrected chi connectivity index (χ4v) is 3.36. The number of halogens is 1. The number of anilines is 1. The van der Waals surface area contributed by atoms with Crippen LogP contribution in [0.5, 0.6) is 0 Å². The molecule has 0 aliphatic carbocycles. The molecule has 0 fully saturated rings. The second-order valence-electron chi connectivity index (χ2n) is 7.02. The molecule has 0 aliphatic rings. The van der Waals surface area contributed by atoms with E-state index in [2.05, 4.69) is 29.4 Å². The van der Waals surface area contributed by atoms with Gasteiger partial charge in [-0.3, -0.25) is 9.59 Å². The minimum Gasteiger partial charge on any atom is -0.334 e. The minimum atomic E-state index is -0.459. The topological polar surface area (TPSA) is 103 Å². The molecule has 0 unspecified atom stereocenters. The normalized spacial score (nSPS) is 10.9. The van der Waals surface area contributed by atoms with Crippen LogP contribution in [0.4, 0.5) is 10.1 Å². The fraction of sp³-hybridized carbons (Fsp3) is 0.238. The van der Waals surface area contributed by atoms with Gasteiger partial charge in [-0.25, -0.2) is 4.39 Å². The van der Waals surface area contributed by atoms with Gasteiger partial charge in [-0.15, -0.1) is 10.2 Å². The first-order valence-electron chi connectivity index (χ1n) is 9.34. The summed E-state index contributed by atoms with van der Waals surface area (Å²) < 4.78 is 13.8. The van der Waals surface area contributed by atoms with E-state index in [0.717, 1.165) is 22.0 Å². The third kappa shape index (κ3) is 5.44. The monoisotopic (exact) mass is 427 g/mol. The number of aromatic nitrogens is 3. The lowest BCUT2D eigenvalue weighted by Crippen LogP contribution is -2.34. The molecule has 156 valence electrons. The molecule has 0 radical (unpaired) electrons. The minimum absolute atomic E-state index is 0.0291. The number of benzene rings is 2. The van der Waals surface area contributed by atoms with Gasteiger partial charge in [-0.2, -0.15) is 4.68 Å². The predicted octanol–water partition coefficient (Wildman–Crippen LogP) is 2.94. The van der Waals surface area contributed by atoms with E-state index >= 15 is 0 Å². The van der Waals surface area contributed by atoms with Crippen molar-refractivity contribution in [2.24, 2.45) is 0 Å². The molecule has 3 aromatic rings. The van der Waals surface area contributed by atoms with E-state index in [1.165, 1.54) is 29.8 Å². The molecule has 7 nitrogen and oxygen atoms in total. The third-order valence-corrected chi connectivity index (χ3v) is 5.35. The number of carbonyl (C=O) groups excluding carboxylic acids is 1. The summed E-state index contributed by atoms with van der Waals surface area (Å²) in [4.78, 5) is 24.6. The lowest BCUT2D eigenvalue weighted by molar-refractivity contribution is -0.113. The first kappa shape index (κ1) is 21.5. The summed E-state index contributed by atoms with van der Waals surface area (Å²) in [5.74, 6) is 5.54. The van der Waals surface area contributed by atoms with Gasteiger partial charge in [0.25, 0.3) is 5.56 Å². The molecule has 1 amide bonds. The molecule has 0 saturated heterocycles. The fourth-order valence-electron chi connectivity index (χ4n) is 2.70. The SMILES string of the molecule is CC(C)c1ccc(Cc2nnc(SCC(=O)Nc3ccc(F)cc3)n(N)c2=O)cc1. The van der Waals surface area contributed by atoms with Gasteiger partial charge in [0.05, 0.1) is 5.75 Å². The van der Waals surface area contributed by atoms with Crippen LogP contribution in [0.3, 0.4) is 0 Å². The molecule has 3 rings (SSSR count). The third-order valence-electron chi connectivity index (χ3n) is 4.41. The number of nitrogen functional groups attached to an aromatic ring is 1. The van der Waals surface area contributed by atoms with Crippen LogP contribution < -0.4 is 16.7 Å². The van der Waals surface area contributed by atoms with Crippen LogP contribution in [0.25, 0.3) is 0 Å². The summed E-state index contributed by atoms with van der Waals surface area (Å²) in [6.45, 7) is 4.23. The Kier molecular flexibility index (Phi) is 6.83. The van der Waals surface area contributed by atoms with E-state index < -0.39 is 5.56 Å². The molecule has 3 N–H and O–H groups in total. The molecular formula is C21H22FN5O2S. The highest BCUT2D eigenvalue weighted by Crippen LogP contribution is 2.16. The van der Waals surface area contributed by atoms with E-state index in [9.17, 15) is 14.0 Å². The zero-order valence-electron chi connectivity index (χ0n) is 16.6. The Balaban J connectivity index is 1.63. The Bertz CT molecular complexity index is 1080. The van der Waals surface area contributed by atoms with Crippen molar-refractivity contribution in [1.29, 1.82) is 0 Å². The quantitative estimate of drug-likeness (QED) is 0.444. The number of thioether (sulfide) groups is 1. The first-order chi connectivity index (χ1) is 14.3. The molecule has 0 saturated carbocycles. The van der Waals surface area contributed by atoms with Crippen LogP contribution in [-0.2, 0) is 11.2 Å². The summed E-state index contributed by atoms with van der Waals surface area (Å²) in [6, 6.07) is 13.4. The highest BCUT2D eigenvalue weighted by Gasteiger charge is 2.13. The maximum atomic E-state index is 12.9. The molecule has 1 heterocycles. The van der Waals surface area contributed by atoms with Crippen LogP contribution in [0, 0.1) is 5.82 Å². The van der Waals surface area contributed by atoms with Crippen molar-refractivity contribution < 1.29 is 9.18 Å². The van der Waals surface area contributed by atoms with Gasteiger partial charge in [0.1, 0.15) is 11.5 Å². The summed E-state index contributed by atoms with van der Waals surface area (Å²) in [7, 11) is 0. The Hall–Kier alpha value is -3.20. The van der Waals surface area contributed by atoms with Crippen molar-refractivity contribution in [3.05, 3.63) is 81.5 Å². The van der Waals surface area contributed by atoms with E-state index in [1.807, 2.05) is 24.3 Å². The van der Waals surface area contributed by atoms with Gasteiger partial charge < -0.3 is 11.2 Å². The average molecular weight is 428 g/mol. The van der Waals surface area contributed by atoms with Gasteiger partial charge in [0.2, 0.25) is 11.1 Å². The van der Waals surface area contributed by atoms with Crippen LogP contribution in [0.2, 0.25) is 0 Å². The largest absolute Gasteiger partial charge is 0.334 e. The van der Waals surface area contributed by atoms with Crippen molar-refractivity contribution >= 4 is 23.4 Å². The lowest BCUT2D eigenvalue weighted by Gasteiger charge is -2.09. The van der Waals surface area contributed by atoms with Crippen molar-refractivity contribution in [2.45, 2.75) is 31.3 Å². The Morgan fingerprint density at radius 1 is 1.13 bits per heavy atom. The molecule has 2 aromatic carbocycles. The first-order valence-corrected chi connectivity index (χ1v) is 10.3. The van der Waals surface area contributed by atoms with Gasteiger partial charge >= 0.3 is 0 Å². The molecule has 0 aliphatic heterocycles. The number of hydrogen-bond donors (Lipinski definition) is 2. The number of nitrogens with two attached hydrogens (primary N) is 1. The second-order valence-corrected chi connectivity index (χ2v) is 7.96. The smallest absolute Gasteiger partial charge is 0.294 e. The average Bonchev–Trinajstić information content (AvgIpc) is 2.73. The molecular weight excluding hydrogens is 405 g/mol. The summed E-state index contributed by atoms with van der Waals surface area (Å²) in [5, 5.41) is 10.8. The van der Waals surface area contributed by atoms with Crippen LogP contribution in [0.1, 0.15) is 36.6 Å². The number of amides is 1. The highest BCUT2D eigenvalue weighted by atomic mass is 32.2. The van der Waals surface area contributed by atoms with Crippen molar-refractivity contribution in [3.8, 4) is 0 Å². The standard InChI is InChI=1S/C21H22FN5O2S/c1-13(2)15-5-3-14(4-6-15)11-18-20(29)27(23)21(26-25-18)30-12-19(28)24-17-9-7-16(22)8-10-17/h3-10,13H,11-12,23H2,1-2H3,(H,24,28). The van der Waals surface area contributed by atoms with Crippen LogP contribution >= 0.6 is 11.8 Å². The van der Waals surface area contributed by atoms with Gasteiger partial charge in [0, 0.05) is 12.1 Å². The van der Waals surface area contributed by atoms with Crippen molar-refractivity contribution in [1.82, 2.24) is 14.9 Å². The number of nitrogens with one attached hydrogen (secondary N) is 1. The zero-order chi connectivity index (χ0) is 21.7. The predicted molar refractivity (Wildman–Crippen MR) is 116 cm³/mol. The molecule has 1 aromatic heterocycles. The molecule has 0 spiro atoms. The number of hydrogen-bond acceptors (Lipinski definition) is 6. The molecule has 0 bridgehead atoms.